The number of carbonyl (C=O) groups is 1. The van der Waals surface area contributed by atoms with Crippen molar-refractivity contribution in [1.29, 1.82) is 0 Å². The fourth-order valence-electron chi connectivity index (χ4n) is 1.94. The van der Waals surface area contributed by atoms with Gasteiger partial charge in [0.2, 0.25) is 5.82 Å². The van der Waals surface area contributed by atoms with E-state index in [0.717, 1.165) is 0 Å². The standard InChI is InChI=1S/C15H17F5O4S/c1-5-7(14(21)24-15(2,3)4)6-25(22,23)13-11(19)9(17)8(16)10(18)12(13)20/h7H,5-6H2,1-4H3/t7-/m1/s1. The van der Waals surface area contributed by atoms with E-state index in [1.165, 1.54) is 27.7 Å². The van der Waals surface area contributed by atoms with Gasteiger partial charge in [-0.2, -0.15) is 0 Å². The highest BCUT2D eigenvalue weighted by Gasteiger charge is 2.37. The largest absolute Gasteiger partial charge is 0.460 e. The summed E-state index contributed by atoms with van der Waals surface area (Å²) in [7, 11) is -4.99. The molecule has 1 atom stereocenters. The molecule has 0 aliphatic carbocycles. The number of sulfone groups is 1. The Kier molecular flexibility index (Phi) is 6.20. The summed E-state index contributed by atoms with van der Waals surface area (Å²) >= 11 is 0. The first kappa shape index (κ1) is 21.3. The van der Waals surface area contributed by atoms with Gasteiger partial charge in [-0.05, 0) is 27.2 Å². The number of rotatable bonds is 5. The first-order valence-corrected chi connectivity index (χ1v) is 8.85. The van der Waals surface area contributed by atoms with Gasteiger partial charge in [0.05, 0.1) is 11.7 Å². The van der Waals surface area contributed by atoms with Gasteiger partial charge in [-0.1, -0.05) is 6.92 Å². The number of hydrogen-bond donors (Lipinski definition) is 0. The maximum absolute atomic E-state index is 13.7. The molecule has 0 radical (unpaired) electrons. The minimum atomic E-state index is -4.99. The molecule has 1 rings (SSSR count). The third kappa shape index (κ3) is 4.68. The fourth-order valence-corrected chi connectivity index (χ4v) is 3.74. The molecule has 0 unspecified atom stereocenters. The average molecular weight is 388 g/mol. The Morgan fingerprint density at radius 2 is 1.36 bits per heavy atom. The molecule has 4 nitrogen and oxygen atoms in total. The maximum Gasteiger partial charge on any atom is 0.310 e. The van der Waals surface area contributed by atoms with E-state index in [9.17, 15) is 35.2 Å². The van der Waals surface area contributed by atoms with Gasteiger partial charge in [-0.25, -0.2) is 30.4 Å². The Labute approximate surface area is 141 Å². The molecular weight excluding hydrogens is 371 g/mol. The number of benzene rings is 1. The monoisotopic (exact) mass is 388 g/mol. The lowest BCUT2D eigenvalue weighted by molar-refractivity contribution is -0.159. The molecule has 25 heavy (non-hydrogen) atoms. The zero-order valence-electron chi connectivity index (χ0n) is 13.9. The predicted octanol–water partition coefficient (Wildman–Crippen LogP) is 3.52. The summed E-state index contributed by atoms with van der Waals surface area (Å²) in [5.74, 6) is -15.6. The highest BCUT2D eigenvalue weighted by Crippen LogP contribution is 2.29. The van der Waals surface area contributed by atoms with Crippen LogP contribution in [-0.2, 0) is 19.4 Å². The minimum absolute atomic E-state index is 0.0798. The highest BCUT2D eigenvalue weighted by atomic mass is 32.2. The lowest BCUT2D eigenvalue weighted by atomic mass is 10.1. The molecular formula is C15H17F5O4S. The molecule has 0 spiro atoms. The van der Waals surface area contributed by atoms with Crippen LogP contribution >= 0.6 is 0 Å². The van der Waals surface area contributed by atoms with E-state index in [0.29, 0.717) is 0 Å². The van der Waals surface area contributed by atoms with Crippen molar-refractivity contribution < 1.29 is 39.9 Å². The van der Waals surface area contributed by atoms with Crippen LogP contribution in [0.15, 0.2) is 4.90 Å². The Morgan fingerprint density at radius 3 is 1.72 bits per heavy atom. The van der Waals surface area contributed by atoms with Crippen molar-refractivity contribution in [1.82, 2.24) is 0 Å². The zero-order chi connectivity index (χ0) is 19.7. The topological polar surface area (TPSA) is 60.4 Å². The van der Waals surface area contributed by atoms with Gasteiger partial charge in [-0.15, -0.1) is 0 Å². The lowest BCUT2D eigenvalue weighted by Crippen LogP contribution is -2.32. The molecule has 1 aromatic rings. The summed E-state index contributed by atoms with van der Waals surface area (Å²) in [6.07, 6.45) is -0.0798. The number of hydrogen-bond acceptors (Lipinski definition) is 4. The molecule has 0 aliphatic heterocycles. The van der Waals surface area contributed by atoms with E-state index < -0.39 is 67.1 Å². The van der Waals surface area contributed by atoms with Crippen LogP contribution in [0, 0.1) is 35.0 Å². The van der Waals surface area contributed by atoms with Gasteiger partial charge in [0.15, 0.2) is 33.1 Å². The van der Waals surface area contributed by atoms with Crippen molar-refractivity contribution in [2.45, 2.75) is 44.6 Å². The third-order valence-corrected chi connectivity index (χ3v) is 4.96. The quantitative estimate of drug-likeness (QED) is 0.255. The number of esters is 1. The minimum Gasteiger partial charge on any atom is -0.460 e. The summed E-state index contributed by atoms with van der Waals surface area (Å²) in [6, 6.07) is 0. The van der Waals surface area contributed by atoms with Gasteiger partial charge >= 0.3 is 5.97 Å². The first-order chi connectivity index (χ1) is 11.2. The molecule has 0 aliphatic rings. The number of ether oxygens (including phenoxy) is 1. The number of carbonyl (C=O) groups excluding carboxylic acids is 1. The third-order valence-electron chi connectivity index (χ3n) is 3.13. The van der Waals surface area contributed by atoms with Crippen molar-refractivity contribution in [3.8, 4) is 0 Å². The van der Waals surface area contributed by atoms with Gasteiger partial charge < -0.3 is 4.74 Å². The molecule has 0 fully saturated rings. The van der Waals surface area contributed by atoms with Crippen molar-refractivity contribution in [3.63, 3.8) is 0 Å². The van der Waals surface area contributed by atoms with E-state index in [2.05, 4.69) is 0 Å². The second-order valence-corrected chi connectivity index (χ2v) is 8.29. The number of halogens is 5. The van der Waals surface area contributed by atoms with E-state index in [1.54, 1.807) is 0 Å². The SMILES string of the molecule is CC[C@H](CS(=O)(=O)c1c(F)c(F)c(F)c(F)c1F)C(=O)OC(C)(C)C. The van der Waals surface area contributed by atoms with Gasteiger partial charge in [0, 0.05) is 0 Å². The molecule has 142 valence electrons. The lowest BCUT2D eigenvalue weighted by Gasteiger charge is -2.23. The Morgan fingerprint density at radius 1 is 0.960 bits per heavy atom. The van der Waals surface area contributed by atoms with E-state index in [4.69, 9.17) is 4.74 Å². The van der Waals surface area contributed by atoms with Gasteiger partial charge in [0.1, 0.15) is 10.5 Å². The average Bonchev–Trinajstić information content (AvgIpc) is 2.46. The van der Waals surface area contributed by atoms with Gasteiger partial charge in [-0.3, -0.25) is 4.79 Å². The Balaban J connectivity index is 3.33. The Hall–Kier alpha value is -1.71. The normalized spacial score (nSPS) is 13.6. The summed E-state index contributed by atoms with van der Waals surface area (Å²) in [6.45, 7) is 5.99. The van der Waals surface area contributed by atoms with Crippen LogP contribution in [-0.4, -0.2) is 25.7 Å². The van der Waals surface area contributed by atoms with Crippen LogP contribution in [0.3, 0.4) is 0 Å². The van der Waals surface area contributed by atoms with Crippen LogP contribution in [0.2, 0.25) is 0 Å². The van der Waals surface area contributed by atoms with E-state index >= 15 is 0 Å². The summed E-state index contributed by atoms with van der Waals surface area (Å²) < 4.78 is 96.3. The molecule has 1 aromatic carbocycles. The second kappa shape index (κ2) is 7.27. The van der Waals surface area contributed by atoms with Crippen molar-refractivity contribution in [2.75, 3.05) is 5.75 Å². The van der Waals surface area contributed by atoms with Crippen molar-refractivity contribution in [2.24, 2.45) is 5.92 Å². The van der Waals surface area contributed by atoms with Gasteiger partial charge in [0.25, 0.3) is 0 Å². The van der Waals surface area contributed by atoms with Crippen LogP contribution in [0.4, 0.5) is 22.0 Å². The molecule has 10 heteroatoms. The molecule has 0 bridgehead atoms. The molecule has 0 saturated carbocycles. The summed E-state index contributed by atoms with van der Waals surface area (Å²) in [5.41, 5.74) is -0.946. The van der Waals surface area contributed by atoms with Crippen molar-refractivity contribution in [3.05, 3.63) is 29.1 Å². The molecule has 0 amide bonds. The second-order valence-electron chi connectivity index (χ2n) is 6.32. The molecule has 0 aromatic heterocycles. The zero-order valence-corrected chi connectivity index (χ0v) is 14.7. The van der Waals surface area contributed by atoms with E-state index in [1.807, 2.05) is 0 Å². The maximum atomic E-state index is 13.7. The first-order valence-electron chi connectivity index (χ1n) is 7.20. The molecule has 0 saturated heterocycles. The van der Waals surface area contributed by atoms with Crippen LogP contribution in [0.1, 0.15) is 34.1 Å². The van der Waals surface area contributed by atoms with Crippen LogP contribution in [0.5, 0.6) is 0 Å². The van der Waals surface area contributed by atoms with E-state index in [-0.39, 0.29) is 6.42 Å². The van der Waals surface area contributed by atoms with Crippen LogP contribution in [0.25, 0.3) is 0 Å². The summed E-state index contributed by atoms with van der Waals surface area (Å²) in [5, 5.41) is 0. The fraction of sp³-hybridized carbons (Fsp3) is 0.533. The molecule has 0 N–H and O–H groups in total. The smallest absolute Gasteiger partial charge is 0.310 e. The highest BCUT2D eigenvalue weighted by molar-refractivity contribution is 7.91. The van der Waals surface area contributed by atoms with Crippen molar-refractivity contribution >= 4 is 15.8 Å². The van der Waals surface area contributed by atoms with Crippen LogP contribution < -0.4 is 0 Å². The Bertz CT molecular complexity index is 755. The summed E-state index contributed by atoms with van der Waals surface area (Å²) in [4.78, 5) is 10.0. The molecule has 0 heterocycles. The predicted molar refractivity (Wildman–Crippen MR) is 77.9 cm³/mol.